The van der Waals surface area contributed by atoms with Crippen molar-refractivity contribution >= 4 is 0 Å². The predicted octanol–water partition coefficient (Wildman–Crippen LogP) is 6.54. The second-order valence-electron chi connectivity index (χ2n) is 7.50. The quantitative estimate of drug-likeness (QED) is 0.281. The molecule has 0 unspecified atom stereocenters. The van der Waals surface area contributed by atoms with Crippen molar-refractivity contribution < 1.29 is 10.2 Å². The zero-order chi connectivity index (χ0) is 16.8. The van der Waals surface area contributed by atoms with E-state index >= 15 is 0 Å². The fourth-order valence-corrected chi connectivity index (χ4v) is 4.12. The van der Waals surface area contributed by atoms with Gasteiger partial charge in [-0.3, -0.25) is 0 Å². The molecule has 1 fully saturated rings. The van der Waals surface area contributed by atoms with E-state index in [2.05, 4.69) is 6.92 Å². The second kappa shape index (κ2) is 13.9. The van der Waals surface area contributed by atoms with E-state index in [1.807, 2.05) is 0 Å². The second-order valence-corrected chi connectivity index (χ2v) is 7.50. The average molecular weight is 325 g/mol. The Morgan fingerprint density at radius 2 is 1.43 bits per heavy atom. The molecule has 0 amide bonds. The van der Waals surface area contributed by atoms with Crippen molar-refractivity contribution in [1.29, 1.82) is 0 Å². The number of hydrogen-bond donors (Lipinski definition) is 2. The first kappa shape index (κ1) is 20.5. The van der Waals surface area contributed by atoms with Crippen LogP contribution in [0, 0.1) is 11.8 Å². The first-order valence-corrected chi connectivity index (χ1v) is 10.3. The van der Waals surface area contributed by atoms with Gasteiger partial charge in [0.1, 0.15) is 5.76 Å². The number of rotatable bonds is 14. The molecule has 0 aliphatic heterocycles. The third-order valence-corrected chi connectivity index (χ3v) is 5.57. The van der Waals surface area contributed by atoms with E-state index in [1.165, 1.54) is 83.5 Å². The maximum atomic E-state index is 9.18. The molecule has 2 nitrogen and oxygen atoms in total. The van der Waals surface area contributed by atoms with E-state index in [4.69, 9.17) is 5.11 Å². The number of aliphatic hydroxyl groups excluding tert-OH is 2. The summed E-state index contributed by atoms with van der Waals surface area (Å²) in [4.78, 5) is 0. The highest BCUT2D eigenvalue weighted by Gasteiger charge is 2.25. The van der Waals surface area contributed by atoms with Gasteiger partial charge in [0.05, 0.1) is 6.61 Å². The SMILES string of the molecule is CCCCCCCC[C@H]1CCC[C@@H]1CCCCCC=C(O)CO. The molecular formula is C21H40O2. The minimum atomic E-state index is -0.220. The molecule has 2 atom stereocenters. The molecule has 1 aliphatic rings. The van der Waals surface area contributed by atoms with Crippen LogP contribution in [0.3, 0.4) is 0 Å². The molecule has 2 N–H and O–H groups in total. The van der Waals surface area contributed by atoms with E-state index in [0.29, 0.717) is 0 Å². The van der Waals surface area contributed by atoms with E-state index in [-0.39, 0.29) is 12.4 Å². The average Bonchev–Trinajstić information content (AvgIpc) is 3.01. The molecule has 0 radical (unpaired) electrons. The Bertz CT molecular complexity index is 298. The lowest BCUT2D eigenvalue weighted by molar-refractivity contribution is 0.252. The van der Waals surface area contributed by atoms with Crippen LogP contribution in [0.15, 0.2) is 11.8 Å². The Morgan fingerprint density at radius 3 is 2.04 bits per heavy atom. The van der Waals surface area contributed by atoms with E-state index in [1.54, 1.807) is 6.08 Å². The van der Waals surface area contributed by atoms with Crippen molar-refractivity contribution in [2.45, 2.75) is 103 Å². The number of allylic oxidation sites excluding steroid dienone is 1. The third kappa shape index (κ3) is 10.1. The fourth-order valence-electron chi connectivity index (χ4n) is 4.12. The Balaban J connectivity index is 2.02. The molecule has 1 saturated carbocycles. The maximum Gasteiger partial charge on any atom is 0.114 e. The summed E-state index contributed by atoms with van der Waals surface area (Å²) in [6, 6.07) is 0. The van der Waals surface area contributed by atoms with Gasteiger partial charge in [-0.1, -0.05) is 90.4 Å². The van der Waals surface area contributed by atoms with Gasteiger partial charge in [-0.25, -0.2) is 0 Å². The van der Waals surface area contributed by atoms with Crippen molar-refractivity contribution in [1.82, 2.24) is 0 Å². The van der Waals surface area contributed by atoms with E-state index in [9.17, 15) is 5.11 Å². The summed E-state index contributed by atoms with van der Waals surface area (Å²) in [5, 5.41) is 17.9. The van der Waals surface area contributed by atoms with Crippen molar-refractivity contribution in [3.63, 3.8) is 0 Å². The van der Waals surface area contributed by atoms with E-state index in [0.717, 1.165) is 24.7 Å². The van der Waals surface area contributed by atoms with Crippen LogP contribution in [0.2, 0.25) is 0 Å². The Hall–Kier alpha value is -0.500. The van der Waals surface area contributed by atoms with Crippen LogP contribution in [0.4, 0.5) is 0 Å². The normalized spacial score (nSPS) is 21.9. The smallest absolute Gasteiger partial charge is 0.114 e. The molecule has 2 heteroatoms. The van der Waals surface area contributed by atoms with Crippen LogP contribution in [0.1, 0.15) is 103 Å². The van der Waals surface area contributed by atoms with Crippen LogP contribution in [-0.4, -0.2) is 16.8 Å². The van der Waals surface area contributed by atoms with Crippen molar-refractivity contribution in [2.24, 2.45) is 11.8 Å². The van der Waals surface area contributed by atoms with Crippen LogP contribution in [0.5, 0.6) is 0 Å². The van der Waals surface area contributed by atoms with Gasteiger partial charge < -0.3 is 10.2 Å². The molecule has 136 valence electrons. The van der Waals surface area contributed by atoms with E-state index < -0.39 is 0 Å². The summed E-state index contributed by atoms with van der Waals surface area (Å²) < 4.78 is 0. The summed E-state index contributed by atoms with van der Waals surface area (Å²) >= 11 is 0. The standard InChI is InChI=1S/C21H40O2/c1-2-3-4-5-6-9-13-19-15-12-16-20(19)14-10-7-8-11-17-21(23)18-22/h17,19-20,22-23H,2-16,18H2,1H3/t19-,20-/m0/s1. The summed E-state index contributed by atoms with van der Waals surface area (Å²) in [6.07, 6.45) is 22.2. The highest BCUT2D eigenvalue weighted by molar-refractivity contribution is 4.89. The molecule has 0 saturated heterocycles. The maximum absolute atomic E-state index is 9.18. The summed E-state index contributed by atoms with van der Waals surface area (Å²) in [7, 11) is 0. The van der Waals surface area contributed by atoms with Crippen molar-refractivity contribution in [3.8, 4) is 0 Å². The minimum absolute atomic E-state index is 0.125. The Labute approximate surface area is 144 Å². The molecule has 1 aliphatic carbocycles. The van der Waals surface area contributed by atoms with Gasteiger partial charge >= 0.3 is 0 Å². The minimum Gasteiger partial charge on any atom is -0.510 e. The van der Waals surface area contributed by atoms with Crippen LogP contribution >= 0.6 is 0 Å². The zero-order valence-electron chi connectivity index (χ0n) is 15.4. The number of aliphatic hydroxyl groups is 2. The molecule has 0 bridgehead atoms. The molecule has 0 aromatic carbocycles. The third-order valence-electron chi connectivity index (χ3n) is 5.57. The largest absolute Gasteiger partial charge is 0.510 e. The lowest BCUT2D eigenvalue weighted by Crippen LogP contribution is -2.08. The molecule has 23 heavy (non-hydrogen) atoms. The molecule has 0 heterocycles. The molecule has 1 rings (SSSR count). The number of unbranched alkanes of at least 4 members (excludes halogenated alkanes) is 8. The first-order chi connectivity index (χ1) is 11.3. The lowest BCUT2D eigenvalue weighted by Gasteiger charge is -2.19. The predicted molar refractivity (Wildman–Crippen MR) is 99.7 cm³/mol. The topological polar surface area (TPSA) is 40.5 Å². The van der Waals surface area contributed by atoms with Gasteiger partial charge in [0.2, 0.25) is 0 Å². The molecule has 0 aromatic rings. The lowest BCUT2D eigenvalue weighted by atomic mass is 9.87. The highest BCUT2D eigenvalue weighted by Crippen LogP contribution is 2.38. The van der Waals surface area contributed by atoms with Gasteiger partial charge in [0.15, 0.2) is 0 Å². The van der Waals surface area contributed by atoms with Gasteiger partial charge in [-0.05, 0) is 30.8 Å². The molecule has 0 aromatic heterocycles. The first-order valence-electron chi connectivity index (χ1n) is 10.3. The fraction of sp³-hybridized carbons (Fsp3) is 0.905. The van der Waals surface area contributed by atoms with Gasteiger partial charge in [0, 0.05) is 0 Å². The van der Waals surface area contributed by atoms with Crippen molar-refractivity contribution in [3.05, 3.63) is 11.8 Å². The number of hydrogen-bond acceptors (Lipinski definition) is 2. The summed E-state index contributed by atoms with van der Waals surface area (Å²) in [6.45, 7) is 2.07. The Kier molecular flexibility index (Phi) is 12.4. The van der Waals surface area contributed by atoms with Gasteiger partial charge in [-0.15, -0.1) is 0 Å². The molecular weight excluding hydrogens is 284 g/mol. The monoisotopic (exact) mass is 324 g/mol. The van der Waals surface area contributed by atoms with Crippen LogP contribution < -0.4 is 0 Å². The zero-order valence-corrected chi connectivity index (χ0v) is 15.4. The Morgan fingerprint density at radius 1 is 0.870 bits per heavy atom. The summed E-state index contributed by atoms with van der Waals surface area (Å²) in [5.41, 5.74) is 0. The summed E-state index contributed by atoms with van der Waals surface area (Å²) in [5.74, 6) is 2.13. The molecule has 0 spiro atoms. The highest BCUT2D eigenvalue weighted by atomic mass is 16.3. The van der Waals surface area contributed by atoms with Crippen molar-refractivity contribution in [2.75, 3.05) is 6.61 Å². The van der Waals surface area contributed by atoms with Crippen LogP contribution in [0.25, 0.3) is 0 Å². The van der Waals surface area contributed by atoms with Crippen LogP contribution in [-0.2, 0) is 0 Å². The van der Waals surface area contributed by atoms with Gasteiger partial charge in [-0.2, -0.15) is 0 Å². The van der Waals surface area contributed by atoms with Gasteiger partial charge in [0.25, 0.3) is 0 Å².